The van der Waals surface area contributed by atoms with Gasteiger partial charge >= 0.3 is 0 Å². The molecule has 2 N–H and O–H groups in total. The maximum atomic E-state index is 6.25. The van der Waals surface area contributed by atoms with Gasteiger partial charge in [0, 0.05) is 24.2 Å². The number of rotatable bonds is 4. The first-order valence-electron chi connectivity index (χ1n) is 6.53. The molecule has 0 aromatic heterocycles. The molecule has 0 radical (unpaired) electrons. The molecule has 1 heterocycles. The predicted octanol–water partition coefficient (Wildman–Crippen LogP) is 1.93. The molecule has 1 aromatic rings. The fourth-order valence-corrected chi connectivity index (χ4v) is 2.43. The van der Waals surface area contributed by atoms with Crippen molar-refractivity contribution in [3.05, 3.63) is 34.9 Å². The van der Waals surface area contributed by atoms with E-state index in [-0.39, 0.29) is 12.1 Å². The number of benzene rings is 1. The quantitative estimate of drug-likeness (QED) is 0.907. The highest BCUT2D eigenvalue weighted by atomic mass is 35.5. The van der Waals surface area contributed by atoms with Crippen molar-refractivity contribution >= 4 is 11.6 Å². The molecule has 0 amide bonds. The summed E-state index contributed by atoms with van der Waals surface area (Å²) in [5.41, 5.74) is 7.46. The van der Waals surface area contributed by atoms with Crippen LogP contribution in [0.15, 0.2) is 24.3 Å². The molecule has 1 aromatic carbocycles. The molecule has 1 saturated heterocycles. The lowest BCUT2D eigenvalue weighted by Gasteiger charge is -2.35. The molecule has 3 nitrogen and oxygen atoms in total. The fraction of sp³-hybridized carbons (Fsp3) is 0.571. The van der Waals surface area contributed by atoms with Crippen LogP contribution in [0.25, 0.3) is 0 Å². The first-order chi connectivity index (χ1) is 8.69. The average molecular weight is 269 g/mol. The van der Waals surface area contributed by atoms with Crippen molar-refractivity contribution < 1.29 is 4.74 Å². The molecule has 18 heavy (non-hydrogen) atoms. The van der Waals surface area contributed by atoms with Gasteiger partial charge in [-0.1, -0.05) is 30.7 Å². The van der Waals surface area contributed by atoms with Gasteiger partial charge in [-0.05, 0) is 30.7 Å². The van der Waals surface area contributed by atoms with Crippen LogP contribution >= 0.6 is 11.6 Å². The van der Waals surface area contributed by atoms with Crippen molar-refractivity contribution in [1.82, 2.24) is 4.90 Å². The van der Waals surface area contributed by atoms with Crippen LogP contribution in [0, 0.1) is 0 Å². The van der Waals surface area contributed by atoms with Crippen LogP contribution in [0.1, 0.15) is 12.5 Å². The Hall–Kier alpha value is -0.610. The highest BCUT2D eigenvalue weighted by Crippen LogP contribution is 2.14. The number of morpholine rings is 1. The van der Waals surface area contributed by atoms with Crippen LogP contribution in [-0.2, 0) is 11.2 Å². The lowest BCUT2D eigenvalue weighted by molar-refractivity contribution is -0.0385. The van der Waals surface area contributed by atoms with E-state index in [0.29, 0.717) is 0 Å². The van der Waals surface area contributed by atoms with E-state index in [4.69, 9.17) is 22.1 Å². The number of hydrogen-bond acceptors (Lipinski definition) is 3. The smallest absolute Gasteiger partial charge is 0.0856 e. The van der Waals surface area contributed by atoms with Gasteiger partial charge < -0.3 is 10.5 Å². The summed E-state index contributed by atoms with van der Waals surface area (Å²) in [6.45, 7) is 5.97. The molecule has 0 aliphatic carbocycles. The molecule has 0 saturated carbocycles. The third kappa shape index (κ3) is 3.69. The summed E-state index contributed by atoms with van der Waals surface area (Å²) in [4.78, 5) is 2.38. The third-order valence-corrected chi connectivity index (χ3v) is 3.74. The Morgan fingerprint density at radius 2 is 2.17 bits per heavy atom. The lowest BCUT2D eigenvalue weighted by atomic mass is 10.0. The monoisotopic (exact) mass is 268 g/mol. The Balaban J connectivity index is 1.90. The van der Waals surface area contributed by atoms with Gasteiger partial charge in [-0.15, -0.1) is 0 Å². The Morgan fingerprint density at radius 1 is 1.44 bits per heavy atom. The molecule has 0 bridgehead atoms. The molecular formula is C14H21ClN2O. The molecule has 2 unspecified atom stereocenters. The molecule has 100 valence electrons. The molecular weight excluding hydrogens is 248 g/mol. The first-order valence-corrected chi connectivity index (χ1v) is 6.91. The summed E-state index contributed by atoms with van der Waals surface area (Å²) in [6, 6.07) is 7.92. The van der Waals surface area contributed by atoms with Gasteiger partial charge in [0.05, 0.1) is 12.7 Å². The number of ether oxygens (including phenoxy) is 1. The van der Waals surface area contributed by atoms with E-state index in [1.165, 1.54) is 5.56 Å². The molecule has 0 spiro atoms. The second-order valence-electron chi connectivity index (χ2n) is 4.80. The van der Waals surface area contributed by atoms with E-state index in [1.54, 1.807) is 0 Å². The number of hydrogen-bond donors (Lipinski definition) is 1. The van der Waals surface area contributed by atoms with E-state index in [9.17, 15) is 0 Å². The van der Waals surface area contributed by atoms with Crippen molar-refractivity contribution in [3.8, 4) is 0 Å². The minimum atomic E-state index is 0.0422. The average Bonchev–Trinajstić information content (AvgIpc) is 2.41. The molecule has 1 aliphatic heterocycles. The van der Waals surface area contributed by atoms with Crippen LogP contribution < -0.4 is 5.73 Å². The Morgan fingerprint density at radius 3 is 2.83 bits per heavy atom. The van der Waals surface area contributed by atoms with Crippen LogP contribution in [0.4, 0.5) is 0 Å². The molecule has 2 rings (SSSR count). The number of likely N-dealkylation sites (N-methyl/N-ethyl adjacent to an activating group) is 1. The van der Waals surface area contributed by atoms with Crippen LogP contribution in [0.5, 0.6) is 0 Å². The zero-order valence-corrected chi connectivity index (χ0v) is 11.6. The van der Waals surface area contributed by atoms with E-state index >= 15 is 0 Å². The second-order valence-corrected chi connectivity index (χ2v) is 5.23. The zero-order valence-electron chi connectivity index (χ0n) is 10.8. The Bertz CT molecular complexity index is 369. The van der Waals surface area contributed by atoms with Crippen molar-refractivity contribution in [2.45, 2.75) is 25.5 Å². The van der Waals surface area contributed by atoms with Crippen molar-refractivity contribution in [2.75, 3.05) is 26.2 Å². The minimum absolute atomic E-state index is 0.0422. The maximum Gasteiger partial charge on any atom is 0.0856 e. The molecule has 1 fully saturated rings. The normalized spacial score (nSPS) is 22.9. The van der Waals surface area contributed by atoms with Gasteiger partial charge in [-0.3, -0.25) is 4.90 Å². The standard InChI is InChI=1S/C14H21ClN2O/c1-2-17-7-8-18-14(10-17)13(16)9-11-3-5-12(15)6-4-11/h3-6,13-14H,2,7-10,16H2,1H3. The van der Waals surface area contributed by atoms with Crippen molar-refractivity contribution in [2.24, 2.45) is 5.73 Å². The fourth-order valence-electron chi connectivity index (χ4n) is 2.30. The summed E-state index contributed by atoms with van der Waals surface area (Å²) in [7, 11) is 0. The van der Waals surface area contributed by atoms with Gasteiger partial charge in [-0.2, -0.15) is 0 Å². The van der Waals surface area contributed by atoms with E-state index in [0.717, 1.165) is 37.7 Å². The predicted molar refractivity (Wildman–Crippen MR) is 75.0 cm³/mol. The molecule has 2 atom stereocenters. The zero-order chi connectivity index (χ0) is 13.0. The van der Waals surface area contributed by atoms with Gasteiger partial charge in [-0.25, -0.2) is 0 Å². The van der Waals surface area contributed by atoms with Gasteiger partial charge in [0.25, 0.3) is 0 Å². The van der Waals surface area contributed by atoms with Gasteiger partial charge in [0.1, 0.15) is 0 Å². The Kier molecular flexibility index (Phi) is 5.01. The molecule has 4 heteroatoms. The third-order valence-electron chi connectivity index (χ3n) is 3.49. The van der Waals surface area contributed by atoms with Gasteiger partial charge in [0.2, 0.25) is 0 Å². The van der Waals surface area contributed by atoms with Crippen LogP contribution in [0.3, 0.4) is 0 Å². The Labute approximate surface area is 114 Å². The van der Waals surface area contributed by atoms with E-state index in [1.807, 2.05) is 24.3 Å². The number of halogens is 1. The van der Waals surface area contributed by atoms with Crippen molar-refractivity contribution in [1.29, 1.82) is 0 Å². The summed E-state index contributed by atoms with van der Waals surface area (Å²) < 4.78 is 5.78. The summed E-state index contributed by atoms with van der Waals surface area (Å²) in [5.74, 6) is 0. The van der Waals surface area contributed by atoms with Crippen LogP contribution in [-0.4, -0.2) is 43.3 Å². The SMILES string of the molecule is CCN1CCOC(C(N)Cc2ccc(Cl)cc2)C1. The minimum Gasteiger partial charge on any atom is -0.374 e. The first kappa shape index (κ1) is 13.8. The second kappa shape index (κ2) is 6.53. The molecule has 1 aliphatic rings. The highest BCUT2D eigenvalue weighted by molar-refractivity contribution is 6.30. The largest absolute Gasteiger partial charge is 0.374 e. The number of nitrogens with zero attached hydrogens (tertiary/aromatic N) is 1. The van der Waals surface area contributed by atoms with Crippen LogP contribution in [0.2, 0.25) is 5.02 Å². The highest BCUT2D eigenvalue weighted by Gasteiger charge is 2.25. The topological polar surface area (TPSA) is 38.5 Å². The number of nitrogens with two attached hydrogens (primary N) is 1. The van der Waals surface area contributed by atoms with Gasteiger partial charge in [0.15, 0.2) is 0 Å². The maximum absolute atomic E-state index is 6.25. The van der Waals surface area contributed by atoms with E-state index in [2.05, 4.69) is 11.8 Å². The lowest BCUT2D eigenvalue weighted by Crippen LogP contribution is -2.51. The summed E-state index contributed by atoms with van der Waals surface area (Å²) in [5, 5.41) is 0.762. The van der Waals surface area contributed by atoms with Crippen molar-refractivity contribution in [3.63, 3.8) is 0 Å². The van der Waals surface area contributed by atoms with E-state index < -0.39 is 0 Å². The summed E-state index contributed by atoms with van der Waals surface area (Å²) in [6.07, 6.45) is 0.966. The summed E-state index contributed by atoms with van der Waals surface area (Å²) >= 11 is 5.87.